The SMILES string of the molecule is COc1cc(C(=O)N2CC3(C2)CN(C(C)C)C3)ccc1Cn1ncc2nc(N)nc(NCC3CC4(CCC4)C3)c21. The fraction of sp³-hybridized carbons (Fsp3) is 0.600. The minimum absolute atomic E-state index is 0.0676. The lowest BCUT2D eigenvalue weighted by atomic mass is 9.52. The van der Waals surface area contributed by atoms with Gasteiger partial charge in [-0.1, -0.05) is 12.5 Å². The lowest BCUT2D eigenvalue weighted by Crippen LogP contribution is -2.73. The fourth-order valence-corrected chi connectivity index (χ4v) is 7.53. The van der Waals surface area contributed by atoms with Gasteiger partial charge in [0.05, 0.1) is 19.9 Å². The molecule has 4 heterocycles. The highest BCUT2D eigenvalue weighted by Gasteiger charge is 2.53. The summed E-state index contributed by atoms with van der Waals surface area (Å²) in [5, 5.41) is 8.17. The zero-order chi connectivity index (χ0) is 27.6. The van der Waals surface area contributed by atoms with Gasteiger partial charge in [-0.3, -0.25) is 14.4 Å². The molecular weight excluding hydrogens is 504 g/mol. The van der Waals surface area contributed by atoms with Gasteiger partial charge in [-0.15, -0.1) is 0 Å². The number of nitrogens with zero attached hydrogens (tertiary/aromatic N) is 6. The Labute approximate surface area is 235 Å². The summed E-state index contributed by atoms with van der Waals surface area (Å²) in [6, 6.07) is 6.29. The number of rotatable bonds is 8. The number of hydrogen-bond acceptors (Lipinski definition) is 8. The van der Waals surface area contributed by atoms with Gasteiger partial charge in [0.1, 0.15) is 16.8 Å². The molecule has 2 saturated heterocycles. The molecule has 7 rings (SSSR count). The van der Waals surface area contributed by atoms with Crippen LogP contribution >= 0.6 is 0 Å². The topological polar surface area (TPSA) is 114 Å². The smallest absolute Gasteiger partial charge is 0.254 e. The van der Waals surface area contributed by atoms with Crippen LogP contribution in [0.1, 0.15) is 61.9 Å². The Balaban J connectivity index is 1.05. The summed E-state index contributed by atoms with van der Waals surface area (Å²) in [7, 11) is 1.64. The van der Waals surface area contributed by atoms with Crippen molar-refractivity contribution in [1.29, 1.82) is 0 Å². The van der Waals surface area contributed by atoms with Crippen molar-refractivity contribution < 1.29 is 9.53 Å². The number of methoxy groups -OCH3 is 1. The van der Waals surface area contributed by atoms with Crippen LogP contribution in [0.2, 0.25) is 0 Å². The number of ether oxygens (including phenoxy) is 1. The third-order valence-electron chi connectivity index (χ3n) is 9.92. The number of amides is 1. The number of fused-ring (bicyclic) bond motifs is 1. The van der Waals surface area contributed by atoms with Crippen molar-refractivity contribution in [2.45, 2.75) is 58.5 Å². The summed E-state index contributed by atoms with van der Waals surface area (Å²) in [5.41, 5.74) is 10.1. The van der Waals surface area contributed by atoms with Crippen molar-refractivity contribution in [3.63, 3.8) is 0 Å². The molecule has 2 spiro atoms. The first kappa shape index (κ1) is 25.6. The average molecular weight is 545 g/mol. The molecular formula is C30H40N8O2. The maximum Gasteiger partial charge on any atom is 0.254 e. The number of nitrogens with two attached hydrogens (primary N) is 1. The van der Waals surface area contributed by atoms with E-state index in [4.69, 9.17) is 10.5 Å². The highest BCUT2D eigenvalue weighted by atomic mass is 16.5. The number of anilines is 2. The number of hydrogen-bond donors (Lipinski definition) is 2. The monoisotopic (exact) mass is 544 g/mol. The molecule has 2 saturated carbocycles. The largest absolute Gasteiger partial charge is 0.496 e. The summed E-state index contributed by atoms with van der Waals surface area (Å²) in [6.45, 7) is 9.64. The summed E-state index contributed by atoms with van der Waals surface area (Å²) >= 11 is 0. The van der Waals surface area contributed by atoms with Crippen LogP contribution in [0.3, 0.4) is 0 Å². The normalized spacial score (nSPS) is 21.2. The maximum atomic E-state index is 13.2. The third kappa shape index (κ3) is 4.27. The first-order valence-electron chi connectivity index (χ1n) is 14.7. The molecule has 0 atom stereocenters. The first-order chi connectivity index (χ1) is 19.3. The lowest BCUT2D eigenvalue weighted by Gasteiger charge is -2.61. The van der Waals surface area contributed by atoms with Gasteiger partial charge in [-0.25, -0.2) is 4.98 Å². The zero-order valence-electron chi connectivity index (χ0n) is 23.8. The molecule has 2 aliphatic heterocycles. The molecule has 4 aliphatic rings. The van der Waals surface area contributed by atoms with Crippen molar-refractivity contribution in [2.24, 2.45) is 16.7 Å². The molecule has 2 aromatic heterocycles. The molecule has 0 unspecified atom stereocenters. The van der Waals surface area contributed by atoms with Crippen molar-refractivity contribution in [3.8, 4) is 5.75 Å². The Morgan fingerprint density at radius 2 is 1.93 bits per heavy atom. The van der Waals surface area contributed by atoms with Gasteiger partial charge in [0.15, 0.2) is 5.82 Å². The molecule has 1 aromatic carbocycles. The van der Waals surface area contributed by atoms with Gasteiger partial charge in [0.2, 0.25) is 5.95 Å². The summed E-state index contributed by atoms with van der Waals surface area (Å²) in [5.74, 6) is 2.38. The van der Waals surface area contributed by atoms with Crippen LogP contribution in [0, 0.1) is 16.7 Å². The molecule has 2 aliphatic carbocycles. The van der Waals surface area contributed by atoms with Crippen molar-refractivity contribution >= 4 is 28.7 Å². The third-order valence-corrected chi connectivity index (χ3v) is 9.92. The van der Waals surface area contributed by atoms with Crippen molar-refractivity contribution in [3.05, 3.63) is 35.5 Å². The zero-order valence-corrected chi connectivity index (χ0v) is 23.8. The van der Waals surface area contributed by atoms with Crippen LogP contribution in [0.5, 0.6) is 5.75 Å². The van der Waals surface area contributed by atoms with E-state index in [1.165, 1.54) is 32.1 Å². The van der Waals surface area contributed by atoms with Crippen LogP contribution in [0.4, 0.5) is 11.8 Å². The van der Waals surface area contributed by atoms with E-state index in [9.17, 15) is 4.79 Å². The van der Waals surface area contributed by atoms with E-state index < -0.39 is 0 Å². The van der Waals surface area contributed by atoms with E-state index in [0.29, 0.717) is 46.2 Å². The Morgan fingerprint density at radius 3 is 2.60 bits per heavy atom. The highest BCUT2D eigenvalue weighted by molar-refractivity contribution is 5.95. The van der Waals surface area contributed by atoms with Crippen LogP contribution < -0.4 is 15.8 Å². The molecule has 40 heavy (non-hydrogen) atoms. The lowest BCUT2D eigenvalue weighted by molar-refractivity contribution is -0.110. The van der Waals surface area contributed by atoms with Crippen molar-refractivity contribution in [1.82, 2.24) is 29.5 Å². The van der Waals surface area contributed by atoms with E-state index in [1.54, 1.807) is 13.3 Å². The molecule has 212 valence electrons. The Bertz CT molecular complexity index is 1440. The van der Waals surface area contributed by atoms with E-state index in [1.807, 2.05) is 27.8 Å². The van der Waals surface area contributed by atoms with Gasteiger partial charge >= 0.3 is 0 Å². The molecule has 0 bridgehead atoms. The van der Waals surface area contributed by atoms with E-state index >= 15 is 0 Å². The Morgan fingerprint density at radius 1 is 1.15 bits per heavy atom. The molecule has 0 radical (unpaired) electrons. The predicted molar refractivity (Wildman–Crippen MR) is 154 cm³/mol. The van der Waals surface area contributed by atoms with E-state index in [-0.39, 0.29) is 11.9 Å². The van der Waals surface area contributed by atoms with Gasteiger partial charge in [-0.2, -0.15) is 10.1 Å². The molecule has 3 N–H and O–H groups in total. The van der Waals surface area contributed by atoms with Gasteiger partial charge < -0.3 is 20.7 Å². The number of carbonyl (C=O) groups excluding carboxylic acids is 1. The quantitative estimate of drug-likeness (QED) is 0.442. The highest BCUT2D eigenvalue weighted by Crippen LogP contribution is 2.58. The van der Waals surface area contributed by atoms with Crippen LogP contribution in [0.25, 0.3) is 11.0 Å². The maximum absolute atomic E-state index is 13.2. The Kier molecular flexibility index (Phi) is 5.96. The van der Waals surface area contributed by atoms with Gasteiger partial charge in [0.25, 0.3) is 5.91 Å². The van der Waals surface area contributed by atoms with Crippen molar-refractivity contribution in [2.75, 3.05) is 50.9 Å². The number of likely N-dealkylation sites (tertiary alicyclic amines) is 2. The number of aromatic nitrogens is 4. The second-order valence-corrected chi connectivity index (χ2v) is 13.2. The molecule has 10 nitrogen and oxygen atoms in total. The molecule has 1 amide bonds. The van der Waals surface area contributed by atoms with Crippen LogP contribution in [-0.4, -0.2) is 81.3 Å². The number of carbonyl (C=O) groups is 1. The van der Waals surface area contributed by atoms with Gasteiger partial charge in [-0.05, 0) is 63.0 Å². The fourth-order valence-electron chi connectivity index (χ4n) is 7.53. The Hall–Kier alpha value is -3.40. The van der Waals surface area contributed by atoms with Crippen LogP contribution in [0.15, 0.2) is 24.4 Å². The first-order valence-corrected chi connectivity index (χ1v) is 14.7. The minimum atomic E-state index is 0.0676. The second-order valence-electron chi connectivity index (χ2n) is 13.2. The number of nitrogen functional groups attached to an aromatic ring is 1. The van der Waals surface area contributed by atoms with Crippen LogP contribution in [-0.2, 0) is 6.54 Å². The van der Waals surface area contributed by atoms with E-state index in [0.717, 1.165) is 49.6 Å². The second kappa shape index (κ2) is 9.33. The van der Waals surface area contributed by atoms with Gasteiger partial charge in [0, 0.05) is 55.3 Å². The number of benzene rings is 1. The molecule has 10 heteroatoms. The summed E-state index contributed by atoms with van der Waals surface area (Å²) in [4.78, 5) is 26.6. The number of nitrogens with one attached hydrogen (secondary N) is 1. The standard InChI is InChI=1S/C30H40N8O2/c1-19(2)36-15-30(16-36)17-37(18-30)27(39)21-5-6-22(24(9-21)40-3)14-38-25-23(13-33-38)34-28(31)35-26(25)32-12-20-10-29(11-20)7-4-8-29/h5-6,9,13,19-20H,4,7-8,10-12,14-18H2,1-3H3,(H3,31,32,34,35). The average Bonchev–Trinajstić information content (AvgIpc) is 3.22. The van der Waals surface area contributed by atoms with E-state index in [2.05, 4.69) is 39.1 Å². The predicted octanol–water partition coefficient (Wildman–Crippen LogP) is 3.62. The summed E-state index contributed by atoms with van der Waals surface area (Å²) < 4.78 is 7.63. The molecule has 3 aromatic rings. The minimum Gasteiger partial charge on any atom is -0.496 e. The summed E-state index contributed by atoms with van der Waals surface area (Å²) in [6.07, 6.45) is 8.51. The molecule has 4 fully saturated rings.